The Kier molecular flexibility index (Phi) is 12.8. The van der Waals surface area contributed by atoms with Crippen LogP contribution in [0.2, 0.25) is 0 Å². The van der Waals surface area contributed by atoms with Crippen LogP contribution < -0.4 is 31.4 Å². The molecule has 1 amide bonds. The van der Waals surface area contributed by atoms with E-state index in [-0.39, 0.29) is 35.0 Å². The molecule has 1 heterocycles. The fourth-order valence-electron chi connectivity index (χ4n) is 4.91. The lowest BCUT2D eigenvalue weighted by atomic mass is 9.97. The minimum atomic E-state index is -1.49. The van der Waals surface area contributed by atoms with Gasteiger partial charge in [-0.25, -0.2) is 0 Å². The molecule has 0 fully saturated rings. The topological polar surface area (TPSA) is 186 Å². The number of aromatic nitrogens is 1. The smallest absolute Gasteiger partial charge is 0.254 e. The summed E-state index contributed by atoms with van der Waals surface area (Å²) in [6, 6.07) is 6.09. The summed E-state index contributed by atoms with van der Waals surface area (Å²) in [7, 11) is 1.54. The molecule has 0 saturated heterocycles. The Labute approximate surface area is 268 Å². The van der Waals surface area contributed by atoms with Gasteiger partial charge in [0.1, 0.15) is 17.5 Å². The standard InChI is InChI=1S/C32H43N5O7S/c1-18(2)37(19(3)4)32(40)20-10-12-23(25(17-20)41-5)42-14-6-7-15-43-24-13-11-21-28(36-44-31(21)26(24)34)30(39)27(35)29(38)22(33)9-8-16-45/h10-13,16-19,22,27H,6-9,14-15,33-35H2,1-5H3. The highest BCUT2D eigenvalue weighted by Gasteiger charge is 2.31. The average Bonchev–Trinajstić information content (AvgIpc) is 3.45. The van der Waals surface area contributed by atoms with E-state index in [0.717, 1.165) is 0 Å². The summed E-state index contributed by atoms with van der Waals surface area (Å²) in [4.78, 5) is 40.3. The quantitative estimate of drug-likeness (QED) is 0.0594. The minimum Gasteiger partial charge on any atom is -0.493 e. The second-order valence-electron chi connectivity index (χ2n) is 11.1. The van der Waals surface area contributed by atoms with Crippen molar-refractivity contribution >= 4 is 51.7 Å². The van der Waals surface area contributed by atoms with E-state index in [1.165, 1.54) is 12.5 Å². The van der Waals surface area contributed by atoms with Crippen molar-refractivity contribution in [1.82, 2.24) is 10.1 Å². The van der Waals surface area contributed by atoms with Crippen molar-refractivity contribution in [3.05, 3.63) is 41.6 Å². The second-order valence-corrected chi connectivity index (χ2v) is 11.5. The Morgan fingerprint density at radius 1 is 0.978 bits per heavy atom. The predicted molar refractivity (Wildman–Crippen MR) is 176 cm³/mol. The Hall–Kier alpha value is -4.07. The average molecular weight is 642 g/mol. The van der Waals surface area contributed by atoms with Crippen LogP contribution >= 0.6 is 12.2 Å². The van der Waals surface area contributed by atoms with E-state index >= 15 is 0 Å². The van der Waals surface area contributed by atoms with Crippen molar-refractivity contribution in [1.29, 1.82) is 0 Å². The van der Waals surface area contributed by atoms with Gasteiger partial charge in [0.2, 0.25) is 5.78 Å². The van der Waals surface area contributed by atoms with Gasteiger partial charge in [-0.2, -0.15) is 0 Å². The van der Waals surface area contributed by atoms with Gasteiger partial charge in [0.05, 0.1) is 31.8 Å². The SMILES string of the molecule is COc1cc(C(=O)N(C(C)C)C(C)C)ccc1OCCCCOc1ccc2c(C(=O)C(N)C(=O)C(N)CCC=S)noc2c1N. The highest BCUT2D eigenvalue weighted by atomic mass is 32.1. The maximum Gasteiger partial charge on any atom is 0.254 e. The van der Waals surface area contributed by atoms with Gasteiger partial charge in [0.25, 0.3) is 5.91 Å². The number of ether oxygens (including phenoxy) is 3. The molecule has 0 saturated carbocycles. The highest BCUT2D eigenvalue weighted by molar-refractivity contribution is 7.78. The van der Waals surface area contributed by atoms with E-state index in [9.17, 15) is 14.4 Å². The number of methoxy groups -OCH3 is 1. The molecule has 0 radical (unpaired) electrons. The molecular weight excluding hydrogens is 598 g/mol. The molecule has 2 unspecified atom stereocenters. The lowest BCUT2D eigenvalue weighted by Gasteiger charge is -2.31. The number of anilines is 1. The molecule has 6 N–H and O–H groups in total. The molecule has 0 spiro atoms. The van der Waals surface area contributed by atoms with Crippen LogP contribution in [0.15, 0.2) is 34.9 Å². The van der Waals surface area contributed by atoms with Gasteiger partial charge in [-0.3, -0.25) is 14.4 Å². The lowest BCUT2D eigenvalue weighted by Crippen LogP contribution is -2.47. The van der Waals surface area contributed by atoms with Crippen molar-refractivity contribution in [2.45, 2.75) is 77.5 Å². The number of Topliss-reactive ketones (excluding diaryl/α,β-unsaturated/α-hetero) is 2. The van der Waals surface area contributed by atoms with Crippen LogP contribution in [0.25, 0.3) is 11.0 Å². The number of nitrogen functional groups attached to an aromatic ring is 1. The van der Waals surface area contributed by atoms with Crippen LogP contribution in [-0.4, -0.2) is 77.4 Å². The highest BCUT2D eigenvalue weighted by Crippen LogP contribution is 2.33. The fourth-order valence-corrected chi connectivity index (χ4v) is 5.05. The molecule has 3 aromatic rings. The Morgan fingerprint density at radius 2 is 1.60 bits per heavy atom. The normalized spacial score (nSPS) is 12.6. The first-order chi connectivity index (χ1) is 21.4. The molecule has 0 aliphatic rings. The first kappa shape index (κ1) is 35.4. The Balaban J connectivity index is 1.54. The number of ketones is 2. The number of benzene rings is 2. The first-order valence-electron chi connectivity index (χ1n) is 14.9. The van der Waals surface area contributed by atoms with E-state index in [1.807, 2.05) is 32.6 Å². The fraction of sp³-hybridized carbons (Fsp3) is 0.469. The molecule has 3 rings (SSSR count). The van der Waals surface area contributed by atoms with Gasteiger partial charge >= 0.3 is 0 Å². The van der Waals surface area contributed by atoms with Crippen LogP contribution in [-0.2, 0) is 4.79 Å². The van der Waals surface area contributed by atoms with E-state index in [1.54, 1.807) is 30.3 Å². The van der Waals surface area contributed by atoms with E-state index in [4.69, 9.17) is 48.2 Å². The zero-order valence-electron chi connectivity index (χ0n) is 26.4. The number of amides is 1. The van der Waals surface area contributed by atoms with Gasteiger partial charge in [-0.1, -0.05) is 17.4 Å². The van der Waals surface area contributed by atoms with Gasteiger partial charge < -0.3 is 40.8 Å². The molecule has 0 bridgehead atoms. The van der Waals surface area contributed by atoms with Crippen LogP contribution in [0.3, 0.4) is 0 Å². The molecule has 13 heteroatoms. The molecule has 244 valence electrons. The van der Waals surface area contributed by atoms with E-state index < -0.39 is 23.7 Å². The van der Waals surface area contributed by atoms with Crippen molar-refractivity contribution < 1.29 is 33.1 Å². The molecule has 45 heavy (non-hydrogen) atoms. The summed E-state index contributed by atoms with van der Waals surface area (Å²) in [6.45, 7) is 8.68. The maximum atomic E-state index is 13.0. The minimum absolute atomic E-state index is 0.0634. The van der Waals surface area contributed by atoms with E-state index in [2.05, 4.69) is 5.16 Å². The summed E-state index contributed by atoms with van der Waals surface area (Å²) < 4.78 is 22.6. The van der Waals surface area contributed by atoms with Gasteiger partial charge in [-0.05, 0) is 89.1 Å². The number of thiocarbonyl (C=S) groups is 1. The number of carbonyl (C=O) groups excluding carboxylic acids is 3. The summed E-state index contributed by atoms with van der Waals surface area (Å²) in [5.74, 6) is 0.00404. The molecule has 0 aliphatic carbocycles. The van der Waals surface area contributed by atoms with Gasteiger partial charge in [-0.15, -0.1) is 0 Å². The van der Waals surface area contributed by atoms with Gasteiger partial charge in [0.15, 0.2) is 28.6 Å². The number of nitrogens with two attached hydrogens (primary N) is 3. The molecule has 2 aromatic carbocycles. The van der Waals surface area contributed by atoms with E-state index in [0.29, 0.717) is 67.1 Å². The molecular formula is C32H43N5O7S. The maximum absolute atomic E-state index is 13.0. The Bertz CT molecular complexity index is 1500. The summed E-state index contributed by atoms with van der Waals surface area (Å²) in [5.41, 5.74) is 18.8. The van der Waals surface area contributed by atoms with Crippen molar-refractivity contribution in [3.8, 4) is 17.2 Å². The number of fused-ring (bicyclic) bond motifs is 1. The third kappa shape index (κ3) is 8.56. The predicted octanol–water partition coefficient (Wildman–Crippen LogP) is 4.10. The number of unbranched alkanes of at least 4 members (excludes halogenated alkanes) is 1. The van der Waals surface area contributed by atoms with Crippen molar-refractivity contribution in [3.63, 3.8) is 0 Å². The first-order valence-corrected chi connectivity index (χ1v) is 15.4. The number of nitrogens with zero attached hydrogens (tertiary/aromatic N) is 2. The summed E-state index contributed by atoms with van der Waals surface area (Å²) in [5, 5.41) is 5.61. The second kappa shape index (κ2) is 16.3. The number of hydrogen-bond donors (Lipinski definition) is 3. The third-order valence-corrected chi connectivity index (χ3v) is 7.47. The number of carbonyl (C=O) groups is 3. The third-order valence-electron chi connectivity index (χ3n) is 7.23. The Morgan fingerprint density at radius 3 is 2.20 bits per heavy atom. The zero-order chi connectivity index (χ0) is 33.3. The number of hydrogen-bond acceptors (Lipinski definition) is 12. The van der Waals surface area contributed by atoms with Crippen molar-refractivity contribution in [2.24, 2.45) is 11.5 Å². The largest absolute Gasteiger partial charge is 0.493 e. The molecule has 12 nitrogen and oxygen atoms in total. The van der Waals surface area contributed by atoms with Gasteiger partial charge in [0, 0.05) is 17.6 Å². The zero-order valence-corrected chi connectivity index (χ0v) is 27.2. The van der Waals surface area contributed by atoms with Crippen LogP contribution in [0.5, 0.6) is 17.2 Å². The molecule has 2 atom stereocenters. The monoisotopic (exact) mass is 641 g/mol. The number of rotatable bonds is 18. The van der Waals surface area contributed by atoms with Crippen LogP contribution in [0.4, 0.5) is 5.69 Å². The molecule has 0 aliphatic heterocycles. The van der Waals surface area contributed by atoms with Crippen LogP contribution in [0.1, 0.15) is 74.2 Å². The summed E-state index contributed by atoms with van der Waals surface area (Å²) in [6.07, 6.45) is 2.06. The lowest BCUT2D eigenvalue weighted by molar-refractivity contribution is -0.120. The van der Waals surface area contributed by atoms with Crippen LogP contribution in [0, 0.1) is 0 Å². The van der Waals surface area contributed by atoms with Crippen molar-refractivity contribution in [2.75, 3.05) is 26.1 Å². The summed E-state index contributed by atoms with van der Waals surface area (Å²) >= 11 is 4.76. The molecule has 1 aromatic heterocycles.